The minimum atomic E-state index is -2.13. The SMILES string of the molecule is C[C@H](P)C[C@H](C)P.[Cl][Pt].[Cl][Sn]([Cl])[Cl]. The second-order valence-electron chi connectivity index (χ2n) is 2.40. The number of hydrogen-bond donors (Lipinski definition) is 0. The second-order valence-corrected chi connectivity index (χ2v) is 17.4. The molecule has 0 fully saturated rings. The first-order chi connectivity index (χ1) is 5.86. The van der Waals surface area contributed by atoms with Gasteiger partial charge in [-0.15, -0.1) is 18.5 Å². The van der Waals surface area contributed by atoms with Crippen molar-refractivity contribution in [2.24, 2.45) is 0 Å². The predicted octanol–water partition coefficient (Wildman–Crippen LogP) is 4.28. The molecule has 0 aromatic rings. The quantitative estimate of drug-likeness (QED) is 0.333. The Hall–Kier alpha value is 3.51. The van der Waals surface area contributed by atoms with Crippen molar-refractivity contribution >= 4 is 71.0 Å². The van der Waals surface area contributed by atoms with Gasteiger partial charge in [0.05, 0.1) is 0 Å². The van der Waals surface area contributed by atoms with Crippen LogP contribution < -0.4 is 0 Å². The number of halogens is 4. The molecule has 0 amide bonds. The van der Waals surface area contributed by atoms with Crippen molar-refractivity contribution in [3.05, 3.63) is 0 Å². The molecule has 1 radical (unpaired) electrons. The van der Waals surface area contributed by atoms with Crippen LogP contribution in [0.2, 0.25) is 0 Å². The molecular formula is C5H14Cl4P2PtSn. The van der Waals surface area contributed by atoms with Gasteiger partial charge >= 0.3 is 71.3 Å². The van der Waals surface area contributed by atoms with Gasteiger partial charge in [-0.3, -0.25) is 0 Å². The molecule has 0 nitrogen and oxygen atoms in total. The van der Waals surface area contributed by atoms with E-state index in [2.05, 4.69) is 41.7 Å². The van der Waals surface area contributed by atoms with E-state index in [1.54, 1.807) is 18.8 Å². The van der Waals surface area contributed by atoms with E-state index in [-0.39, 0.29) is 0 Å². The van der Waals surface area contributed by atoms with E-state index < -0.39 is 16.4 Å². The van der Waals surface area contributed by atoms with Crippen LogP contribution in [0.3, 0.4) is 0 Å². The summed E-state index contributed by atoms with van der Waals surface area (Å²) in [4.78, 5) is 0. The second kappa shape index (κ2) is 17.9. The summed E-state index contributed by atoms with van der Waals surface area (Å²) in [6, 6.07) is 0. The van der Waals surface area contributed by atoms with Gasteiger partial charge in [0.2, 0.25) is 0 Å². The van der Waals surface area contributed by atoms with Crippen molar-refractivity contribution in [2.75, 3.05) is 0 Å². The molecule has 86 valence electrons. The maximum absolute atomic E-state index is 5.00. The molecule has 0 aliphatic heterocycles. The van der Waals surface area contributed by atoms with Gasteiger partial charge in [0.25, 0.3) is 0 Å². The van der Waals surface area contributed by atoms with Crippen LogP contribution in [-0.4, -0.2) is 27.7 Å². The number of rotatable bonds is 2. The first-order valence-corrected chi connectivity index (χ1v) is 18.3. The van der Waals surface area contributed by atoms with Gasteiger partial charge in [0.1, 0.15) is 0 Å². The molecule has 13 heavy (non-hydrogen) atoms. The Morgan fingerprint density at radius 1 is 1.08 bits per heavy atom. The molecule has 0 rings (SSSR count). The Kier molecular flexibility index (Phi) is 29.9. The molecule has 0 spiro atoms. The van der Waals surface area contributed by atoms with E-state index >= 15 is 0 Å². The molecule has 0 bridgehead atoms. The molecule has 4 atom stereocenters. The van der Waals surface area contributed by atoms with Crippen LogP contribution in [0.5, 0.6) is 0 Å². The molecule has 0 saturated heterocycles. The summed E-state index contributed by atoms with van der Waals surface area (Å²) in [6.07, 6.45) is 1.29. The molecule has 0 saturated carbocycles. The zero-order valence-electron chi connectivity index (χ0n) is 7.34. The topological polar surface area (TPSA) is 0 Å². The average Bonchev–Trinajstić information content (AvgIpc) is 1.87. The first kappa shape index (κ1) is 21.8. The van der Waals surface area contributed by atoms with Gasteiger partial charge in [-0.25, -0.2) is 0 Å². The Balaban J connectivity index is -0.000000142. The molecular weight excluding hydrogens is 578 g/mol. The van der Waals surface area contributed by atoms with Crippen LogP contribution in [0.25, 0.3) is 0 Å². The van der Waals surface area contributed by atoms with E-state index in [0.29, 0.717) is 0 Å². The van der Waals surface area contributed by atoms with Gasteiger partial charge in [-0.05, 0) is 17.7 Å². The minimum absolute atomic E-state index is 0.771. The van der Waals surface area contributed by atoms with Gasteiger partial charge in [-0.2, -0.15) is 0 Å². The molecule has 0 N–H and O–H groups in total. The van der Waals surface area contributed by atoms with Crippen LogP contribution in [-0.2, 0) is 18.8 Å². The van der Waals surface area contributed by atoms with Gasteiger partial charge in [-0.1, -0.05) is 13.8 Å². The number of hydrogen-bond acceptors (Lipinski definition) is 0. The standard InChI is InChI=1S/C5H14P2.4ClH.Pt.Sn/c1-4(6)3-5(2)7;;;;;;/h4-5H,3,6-7H2,1-2H3;4*1H;;/q;;;;;+1;+3/p-4/t4-,5-;;;;;;/m0....../s1. The average molecular weight is 592 g/mol. The third kappa shape index (κ3) is 50.2. The van der Waals surface area contributed by atoms with Crippen molar-refractivity contribution in [1.29, 1.82) is 0 Å². The zero-order valence-corrected chi connectivity index (χ0v) is 17.8. The Morgan fingerprint density at radius 2 is 1.23 bits per heavy atom. The van der Waals surface area contributed by atoms with Gasteiger partial charge < -0.3 is 0 Å². The van der Waals surface area contributed by atoms with Gasteiger partial charge in [0.15, 0.2) is 0 Å². The van der Waals surface area contributed by atoms with Crippen molar-refractivity contribution in [2.45, 2.75) is 31.6 Å². The summed E-state index contributed by atoms with van der Waals surface area (Å²) >= 11 is -0.516. The van der Waals surface area contributed by atoms with Crippen LogP contribution in [0.15, 0.2) is 0 Å². The Bertz CT molecular complexity index is 78.2. The molecule has 0 aromatic heterocycles. The fourth-order valence-electron chi connectivity index (χ4n) is 0.586. The third-order valence-electron chi connectivity index (χ3n) is 0.744. The molecule has 8 heteroatoms. The Morgan fingerprint density at radius 3 is 1.23 bits per heavy atom. The van der Waals surface area contributed by atoms with E-state index in [1.807, 2.05) is 0 Å². The molecule has 0 aliphatic rings. The molecule has 0 aliphatic carbocycles. The maximum atomic E-state index is 5.00. The fraction of sp³-hybridized carbons (Fsp3) is 1.00. The summed E-state index contributed by atoms with van der Waals surface area (Å²) in [5.41, 5.74) is 1.54. The van der Waals surface area contributed by atoms with Crippen molar-refractivity contribution in [3.63, 3.8) is 0 Å². The van der Waals surface area contributed by atoms with Crippen LogP contribution >= 0.6 is 54.7 Å². The first-order valence-electron chi connectivity index (χ1n) is 3.32. The van der Waals surface area contributed by atoms with Crippen molar-refractivity contribution in [1.82, 2.24) is 0 Å². The summed E-state index contributed by atoms with van der Waals surface area (Å²) in [6.45, 7) is 4.43. The van der Waals surface area contributed by atoms with E-state index in [1.165, 1.54) is 6.42 Å². The van der Waals surface area contributed by atoms with Crippen molar-refractivity contribution in [3.8, 4) is 0 Å². The summed E-state index contributed by atoms with van der Waals surface area (Å²) in [5, 5.41) is 0. The summed E-state index contributed by atoms with van der Waals surface area (Å²) in [5.74, 6) is 0. The normalized spacial score (nSPS) is 13.5. The summed E-state index contributed by atoms with van der Waals surface area (Å²) in [7, 11) is 25.2. The monoisotopic (exact) mass is 591 g/mol. The van der Waals surface area contributed by atoms with E-state index in [0.717, 1.165) is 11.3 Å². The van der Waals surface area contributed by atoms with E-state index in [4.69, 9.17) is 26.8 Å². The Labute approximate surface area is 120 Å². The van der Waals surface area contributed by atoms with E-state index in [9.17, 15) is 0 Å². The third-order valence-corrected chi connectivity index (χ3v) is 1.29. The van der Waals surface area contributed by atoms with Crippen LogP contribution in [0.1, 0.15) is 20.3 Å². The zero-order chi connectivity index (χ0) is 11.4. The summed E-state index contributed by atoms with van der Waals surface area (Å²) < 4.78 is 0. The van der Waals surface area contributed by atoms with Crippen LogP contribution in [0, 0.1) is 0 Å². The predicted molar refractivity (Wildman–Crippen MR) is 72.1 cm³/mol. The molecule has 0 aromatic carbocycles. The fourth-order valence-corrected chi connectivity index (χ4v) is 1.76. The molecule has 0 heterocycles. The van der Waals surface area contributed by atoms with Crippen LogP contribution in [0.4, 0.5) is 0 Å². The van der Waals surface area contributed by atoms with Crippen molar-refractivity contribution < 1.29 is 18.8 Å². The molecule has 2 unspecified atom stereocenters. The van der Waals surface area contributed by atoms with Gasteiger partial charge in [0, 0.05) is 0 Å².